The zero-order valence-corrected chi connectivity index (χ0v) is 20.3. The van der Waals surface area contributed by atoms with Crippen LogP contribution in [0.1, 0.15) is 58.6 Å². The third kappa shape index (κ3) is 10.4. The number of hydrogen-bond acceptors (Lipinski definition) is 4. The Kier molecular flexibility index (Phi) is 12.0. The number of nitrogens with one attached hydrogen (secondary N) is 3. The summed E-state index contributed by atoms with van der Waals surface area (Å²) in [5, 5.41) is 6.75. The molecule has 7 nitrogen and oxygen atoms in total. The van der Waals surface area contributed by atoms with Gasteiger partial charge in [0, 0.05) is 25.7 Å². The van der Waals surface area contributed by atoms with Crippen molar-refractivity contribution in [3.63, 3.8) is 0 Å². The molecule has 0 fully saturated rings. The van der Waals surface area contributed by atoms with Gasteiger partial charge in [-0.05, 0) is 64.4 Å². The van der Waals surface area contributed by atoms with Crippen LogP contribution in [-0.2, 0) is 22.3 Å². The molecule has 0 aliphatic heterocycles. The molecule has 8 heteroatoms. The highest BCUT2D eigenvalue weighted by atomic mass is 32.2. The van der Waals surface area contributed by atoms with Gasteiger partial charge in [0.1, 0.15) is 0 Å². The molecule has 1 atom stereocenters. The molecule has 0 aromatic heterocycles. The molecule has 0 amide bonds. The first-order valence-corrected chi connectivity index (χ1v) is 12.6. The van der Waals surface area contributed by atoms with Gasteiger partial charge in [0.15, 0.2) is 5.96 Å². The summed E-state index contributed by atoms with van der Waals surface area (Å²) in [6.45, 7) is 14.0. The van der Waals surface area contributed by atoms with Gasteiger partial charge in [-0.25, -0.2) is 13.1 Å². The van der Waals surface area contributed by atoms with Crippen molar-refractivity contribution in [2.75, 3.05) is 26.7 Å². The van der Waals surface area contributed by atoms with Gasteiger partial charge in [-0.3, -0.25) is 4.99 Å². The van der Waals surface area contributed by atoms with E-state index in [0.717, 1.165) is 49.6 Å². The molecule has 0 aliphatic rings. The molecular formula is C22H41N5O2S. The zero-order chi connectivity index (χ0) is 22.6. The lowest BCUT2D eigenvalue weighted by Gasteiger charge is -2.21. The van der Waals surface area contributed by atoms with E-state index >= 15 is 0 Å². The van der Waals surface area contributed by atoms with Gasteiger partial charge in [0.2, 0.25) is 10.0 Å². The van der Waals surface area contributed by atoms with E-state index in [-0.39, 0.29) is 11.8 Å². The van der Waals surface area contributed by atoms with Crippen molar-refractivity contribution in [3.8, 4) is 0 Å². The third-order valence-electron chi connectivity index (χ3n) is 4.94. The van der Waals surface area contributed by atoms with E-state index in [1.807, 2.05) is 38.1 Å². The highest BCUT2D eigenvalue weighted by molar-refractivity contribution is 7.88. The molecule has 172 valence electrons. The highest BCUT2D eigenvalue weighted by Crippen LogP contribution is 2.12. The van der Waals surface area contributed by atoms with Crippen LogP contribution in [0, 0.1) is 0 Å². The van der Waals surface area contributed by atoms with Gasteiger partial charge >= 0.3 is 0 Å². The maximum Gasteiger partial charge on any atom is 0.216 e. The molecule has 1 rings (SSSR count). The van der Waals surface area contributed by atoms with E-state index < -0.39 is 10.0 Å². The first kappa shape index (κ1) is 26.4. The Hall–Kier alpha value is -1.64. The largest absolute Gasteiger partial charge is 0.354 e. The predicted octanol–water partition coefficient (Wildman–Crippen LogP) is 2.69. The van der Waals surface area contributed by atoms with Crippen LogP contribution in [0.5, 0.6) is 0 Å². The maximum atomic E-state index is 12.3. The molecule has 1 aromatic carbocycles. The Labute approximate surface area is 183 Å². The van der Waals surface area contributed by atoms with Crippen molar-refractivity contribution < 1.29 is 8.42 Å². The van der Waals surface area contributed by atoms with Crippen LogP contribution < -0.4 is 15.4 Å². The van der Waals surface area contributed by atoms with E-state index in [9.17, 15) is 8.42 Å². The fourth-order valence-electron chi connectivity index (χ4n) is 3.32. The lowest BCUT2D eigenvalue weighted by atomic mass is 10.1. The van der Waals surface area contributed by atoms with Gasteiger partial charge in [-0.15, -0.1) is 0 Å². The molecular weight excluding hydrogens is 398 g/mol. The van der Waals surface area contributed by atoms with Gasteiger partial charge in [-0.1, -0.05) is 38.1 Å². The molecule has 3 N–H and O–H groups in total. The van der Waals surface area contributed by atoms with E-state index in [2.05, 4.69) is 46.0 Å². The summed E-state index contributed by atoms with van der Waals surface area (Å²) < 4.78 is 27.3. The summed E-state index contributed by atoms with van der Waals surface area (Å²) in [6.07, 6.45) is 2.20. The molecule has 30 heavy (non-hydrogen) atoms. The van der Waals surface area contributed by atoms with Crippen molar-refractivity contribution in [2.24, 2.45) is 4.99 Å². The number of benzene rings is 1. The number of nitrogens with zero attached hydrogens (tertiary/aromatic N) is 2. The van der Waals surface area contributed by atoms with Crippen LogP contribution >= 0.6 is 0 Å². The maximum absolute atomic E-state index is 12.3. The fourth-order valence-corrected chi connectivity index (χ4v) is 4.81. The molecule has 1 unspecified atom stereocenters. The second kappa shape index (κ2) is 13.6. The molecule has 0 saturated carbocycles. The van der Waals surface area contributed by atoms with Crippen molar-refractivity contribution in [3.05, 3.63) is 35.4 Å². The van der Waals surface area contributed by atoms with Crippen molar-refractivity contribution in [1.82, 2.24) is 20.3 Å². The number of sulfonamides is 1. The van der Waals surface area contributed by atoms with E-state index in [1.165, 1.54) is 0 Å². The Morgan fingerprint density at radius 3 is 2.30 bits per heavy atom. The quantitative estimate of drug-likeness (QED) is 0.325. The molecule has 0 heterocycles. The Bertz CT molecular complexity index is 746. The molecule has 0 bridgehead atoms. The standard InChI is InChI=1S/C22H41N5O2S/c1-7-27(8-2)15-11-12-19(5)25-22(23-6)24-16-20-13-9-10-14-21(20)17-30(28,29)26-18(3)4/h9-10,13-14,18-19,26H,7-8,11-12,15-17H2,1-6H3,(H2,23,24,25). The molecule has 0 radical (unpaired) electrons. The summed E-state index contributed by atoms with van der Waals surface area (Å²) in [6, 6.07) is 7.80. The van der Waals surface area contributed by atoms with Gasteiger partial charge in [0.25, 0.3) is 0 Å². The summed E-state index contributed by atoms with van der Waals surface area (Å²) in [4.78, 5) is 6.75. The van der Waals surface area contributed by atoms with Crippen LogP contribution in [-0.4, -0.2) is 58.0 Å². The van der Waals surface area contributed by atoms with E-state index in [4.69, 9.17) is 0 Å². The average Bonchev–Trinajstić information content (AvgIpc) is 2.68. The smallest absolute Gasteiger partial charge is 0.216 e. The highest BCUT2D eigenvalue weighted by Gasteiger charge is 2.15. The van der Waals surface area contributed by atoms with Gasteiger partial charge in [0.05, 0.1) is 5.75 Å². The number of aliphatic imine (C=N–C) groups is 1. The van der Waals surface area contributed by atoms with Crippen LogP contribution in [0.25, 0.3) is 0 Å². The third-order valence-corrected chi connectivity index (χ3v) is 6.46. The van der Waals surface area contributed by atoms with Crippen molar-refractivity contribution in [1.29, 1.82) is 0 Å². The fraction of sp³-hybridized carbons (Fsp3) is 0.682. The van der Waals surface area contributed by atoms with Crippen LogP contribution in [0.15, 0.2) is 29.3 Å². The van der Waals surface area contributed by atoms with Crippen LogP contribution in [0.2, 0.25) is 0 Å². The van der Waals surface area contributed by atoms with Gasteiger partial charge in [-0.2, -0.15) is 0 Å². The monoisotopic (exact) mass is 439 g/mol. The summed E-state index contributed by atoms with van der Waals surface area (Å²) in [7, 11) is -1.62. The Morgan fingerprint density at radius 1 is 1.10 bits per heavy atom. The van der Waals surface area contributed by atoms with Crippen LogP contribution in [0.3, 0.4) is 0 Å². The molecule has 1 aromatic rings. The first-order valence-electron chi connectivity index (χ1n) is 11.0. The van der Waals surface area contributed by atoms with E-state index in [1.54, 1.807) is 7.05 Å². The molecule has 0 aliphatic carbocycles. The minimum atomic E-state index is -3.37. The number of hydrogen-bond donors (Lipinski definition) is 3. The summed E-state index contributed by atoms with van der Waals surface area (Å²) in [5.41, 5.74) is 1.74. The SMILES string of the molecule is CCN(CC)CCCC(C)NC(=NC)NCc1ccccc1CS(=O)(=O)NC(C)C. The second-order valence-corrected chi connectivity index (χ2v) is 9.69. The minimum Gasteiger partial charge on any atom is -0.354 e. The lowest BCUT2D eigenvalue weighted by Crippen LogP contribution is -2.42. The second-order valence-electron chi connectivity index (χ2n) is 7.94. The van der Waals surface area contributed by atoms with Gasteiger partial charge < -0.3 is 15.5 Å². The number of rotatable bonds is 13. The predicted molar refractivity (Wildman–Crippen MR) is 127 cm³/mol. The lowest BCUT2D eigenvalue weighted by molar-refractivity contribution is 0.292. The Balaban J connectivity index is 2.61. The average molecular weight is 440 g/mol. The molecule has 0 saturated heterocycles. The summed E-state index contributed by atoms with van der Waals surface area (Å²) in [5.74, 6) is 0.694. The van der Waals surface area contributed by atoms with Crippen molar-refractivity contribution in [2.45, 2.75) is 71.8 Å². The Morgan fingerprint density at radius 2 is 1.73 bits per heavy atom. The normalized spacial score (nSPS) is 13.7. The molecule has 0 spiro atoms. The minimum absolute atomic E-state index is 0.0309. The topological polar surface area (TPSA) is 85.8 Å². The van der Waals surface area contributed by atoms with Crippen molar-refractivity contribution >= 4 is 16.0 Å². The number of guanidine groups is 1. The summed E-state index contributed by atoms with van der Waals surface area (Å²) >= 11 is 0. The van der Waals surface area contributed by atoms with Crippen LogP contribution in [0.4, 0.5) is 0 Å². The van der Waals surface area contributed by atoms with E-state index in [0.29, 0.717) is 12.6 Å². The first-order chi connectivity index (χ1) is 14.2. The zero-order valence-electron chi connectivity index (χ0n) is 19.5.